The predicted octanol–water partition coefficient (Wildman–Crippen LogP) is 1.97. The van der Waals surface area contributed by atoms with E-state index in [9.17, 15) is 4.79 Å². The van der Waals surface area contributed by atoms with Crippen LogP contribution in [0.15, 0.2) is 28.2 Å². The Morgan fingerprint density at radius 3 is 3.35 bits per heavy atom. The van der Waals surface area contributed by atoms with Crippen LogP contribution in [0.25, 0.3) is 0 Å². The first-order valence-electron chi connectivity index (χ1n) is 6.08. The summed E-state index contributed by atoms with van der Waals surface area (Å²) in [7, 11) is 0. The minimum absolute atomic E-state index is 0.0758. The number of nitrogens with one attached hydrogen (secondary N) is 1. The second-order valence-corrected chi connectivity index (χ2v) is 5.70. The second kappa shape index (κ2) is 4.33. The van der Waals surface area contributed by atoms with Crippen molar-refractivity contribution in [1.29, 1.82) is 0 Å². The Balaban J connectivity index is 1.63. The Labute approximate surface area is 106 Å². The lowest BCUT2D eigenvalue weighted by molar-refractivity contribution is -0.119. The molecule has 1 N–H and O–H groups in total. The molecule has 0 radical (unpaired) electrons. The molecule has 1 aliphatic heterocycles. The van der Waals surface area contributed by atoms with Gasteiger partial charge in [0.15, 0.2) is 0 Å². The van der Waals surface area contributed by atoms with Gasteiger partial charge in [-0.3, -0.25) is 4.79 Å². The molecule has 3 unspecified atom stereocenters. The van der Waals surface area contributed by atoms with E-state index in [1.54, 1.807) is 18.9 Å². The van der Waals surface area contributed by atoms with Gasteiger partial charge >= 0.3 is 0 Å². The molecule has 4 heteroatoms. The molecule has 0 aromatic heterocycles. The normalized spacial score (nSPS) is 33.8. The van der Waals surface area contributed by atoms with Crippen molar-refractivity contribution in [3.63, 3.8) is 0 Å². The quantitative estimate of drug-likeness (QED) is 0.776. The maximum atomic E-state index is 10.9. The predicted molar refractivity (Wildman–Crippen MR) is 70.9 cm³/mol. The molecule has 1 heterocycles. The van der Waals surface area contributed by atoms with Crippen molar-refractivity contribution in [2.75, 3.05) is 12.3 Å². The monoisotopic (exact) mass is 248 g/mol. The van der Waals surface area contributed by atoms with Gasteiger partial charge in [-0.1, -0.05) is 17.7 Å². The van der Waals surface area contributed by atoms with Crippen LogP contribution in [0.4, 0.5) is 0 Å². The van der Waals surface area contributed by atoms with E-state index in [-0.39, 0.29) is 5.91 Å². The number of allylic oxidation sites excluding steroid dienone is 4. The smallest absolute Gasteiger partial charge is 0.216 e. The van der Waals surface area contributed by atoms with Gasteiger partial charge in [-0.05, 0) is 36.3 Å². The first-order chi connectivity index (χ1) is 8.25. The highest BCUT2D eigenvalue weighted by atomic mass is 32.2. The molecule has 90 valence electrons. The van der Waals surface area contributed by atoms with Crippen LogP contribution in [-0.2, 0) is 4.79 Å². The highest BCUT2D eigenvalue weighted by molar-refractivity contribution is 7.98. The highest BCUT2D eigenvalue weighted by Gasteiger charge is 2.43. The van der Waals surface area contributed by atoms with Gasteiger partial charge in [-0.15, -0.1) is 0 Å². The fraction of sp³-hybridized carbons (Fsp3) is 0.538. The number of hydrogen-bond acceptors (Lipinski definition) is 3. The summed E-state index contributed by atoms with van der Waals surface area (Å²) in [5, 5.41) is 2.92. The maximum absolute atomic E-state index is 10.9. The largest absolute Gasteiger partial charge is 0.356 e. The molecular formula is C13H16N2OS. The third-order valence-electron chi connectivity index (χ3n) is 3.69. The molecule has 3 rings (SSSR count). The Bertz CT molecular complexity index is 439. The third kappa shape index (κ3) is 2.18. The van der Waals surface area contributed by atoms with Crippen LogP contribution in [0.5, 0.6) is 0 Å². The molecule has 3 atom stereocenters. The van der Waals surface area contributed by atoms with Crippen molar-refractivity contribution >= 4 is 23.6 Å². The fourth-order valence-electron chi connectivity index (χ4n) is 2.66. The van der Waals surface area contributed by atoms with Gasteiger partial charge < -0.3 is 5.32 Å². The van der Waals surface area contributed by atoms with Gasteiger partial charge in [0.1, 0.15) is 0 Å². The van der Waals surface area contributed by atoms with Crippen molar-refractivity contribution in [2.24, 2.45) is 22.2 Å². The zero-order chi connectivity index (χ0) is 11.8. The summed E-state index contributed by atoms with van der Waals surface area (Å²) in [5.74, 6) is 3.02. The lowest BCUT2D eigenvalue weighted by Gasteiger charge is -2.17. The summed E-state index contributed by atoms with van der Waals surface area (Å²) in [6.45, 7) is 2.41. The Hall–Kier alpha value is -1.03. The van der Waals surface area contributed by atoms with Gasteiger partial charge in [0, 0.05) is 25.1 Å². The average Bonchev–Trinajstić information content (AvgIpc) is 2.92. The first kappa shape index (κ1) is 11.1. The zero-order valence-electron chi connectivity index (χ0n) is 9.85. The summed E-state index contributed by atoms with van der Waals surface area (Å²) in [6, 6.07) is 0. The Morgan fingerprint density at radius 1 is 1.65 bits per heavy atom. The number of rotatable bonds is 3. The van der Waals surface area contributed by atoms with Crippen LogP contribution in [0.3, 0.4) is 0 Å². The SMILES string of the molecule is CC(=O)NCC1CC1C1=CC=CC2=NSCC12. The summed E-state index contributed by atoms with van der Waals surface area (Å²) >= 11 is 1.67. The van der Waals surface area contributed by atoms with Crippen molar-refractivity contribution in [3.05, 3.63) is 23.8 Å². The second-order valence-electron chi connectivity index (χ2n) is 4.93. The highest BCUT2D eigenvalue weighted by Crippen LogP contribution is 2.49. The van der Waals surface area contributed by atoms with E-state index in [4.69, 9.17) is 0 Å². The van der Waals surface area contributed by atoms with Crippen molar-refractivity contribution in [3.8, 4) is 0 Å². The number of hydrogen-bond donors (Lipinski definition) is 1. The molecular weight excluding hydrogens is 232 g/mol. The van der Waals surface area contributed by atoms with Crippen LogP contribution in [0, 0.1) is 17.8 Å². The summed E-state index contributed by atoms with van der Waals surface area (Å²) in [5.41, 5.74) is 2.77. The molecule has 0 spiro atoms. The molecule has 3 aliphatic rings. The fourth-order valence-corrected chi connectivity index (χ4v) is 3.59. The molecule has 2 aliphatic carbocycles. The molecule has 0 aromatic carbocycles. The maximum Gasteiger partial charge on any atom is 0.216 e. The molecule has 0 saturated heterocycles. The van der Waals surface area contributed by atoms with Crippen LogP contribution >= 0.6 is 11.9 Å². The Kier molecular flexibility index (Phi) is 2.82. The Morgan fingerprint density at radius 2 is 2.53 bits per heavy atom. The standard InChI is InChI=1S/C13H16N2OS/c1-8(16)14-6-9-5-11(9)10-3-2-4-13-12(10)7-17-15-13/h2-4,9,11-12H,5-7H2,1H3,(H,14,16). The van der Waals surface area contributed by atoms with E-state index >= 15 is 0 Å². The molecule has 1 fully saturated rings. The first-order valence-corrected chi connectivity index (χ1v) is 7.02. The minimum Gasteiger partial charge on any atom is -0.356 e. The van der Waals surface area contributed by atoms with Crippen molar-refractivity contribution in [1.82, 2.24) is 5.32 Å². The summed E-state index contributed by atoms with van der Waals surface area (Å²) in [4.78, 5) is 10.9. The molecule has 0 bridgehead atoms. The zero-order valence-corrected chi connectivity index (χ0v) is 10.7. The topological polar surface area (TPSA) is 41.5 Å². The number of carbonyl (C=O) groups excluding carboxylic acids is 1. The van der Waals surface area contributed by atoms with E-state index in [1.807, 2.05) is 0 Å². The summed E-state index contributed by atoms with van der Waals surface area (Å²) < 4.78 is 4.45. The third-order valence-corrected chi connectivity index (χ3v) is 4.51. The van der Waals surface area contributed by atoms with Crippen LogP contribution < -0.4 is 5.32 Å². The van der Waals surface area contributed by atoms with Crippen LogP contribution in [0.2, 0.25) is 0 Å². The van der Waals surface area contributed by atoms with Gasteiger partial charge in [-0.2, -0.15) is 0 Å². The van der Waals surface area contributed by atoms with E-state index in [1.165, 1.54) is 17.7 Å². The number of carbonyl (C=O) groups is 1. The van der Waals surface area contributed by atoms with Gasteiger partial charge in [0.05, 0.1) is 5.71 Å². The number of nitrogens with zero attached hydrogens (tertiary/aromatic N) is 1. The van der Waals surface area contributed by atoms with Crippen molar-refractivity contribution < 1.29 is 4.79 Å². The average molecular weight is 248 g/mol. The van der Waals surface area contributed by atoms with Gasteiger partial charge in [0.2, 0.25) is 5.91 Å². The van der Waals surface area contributed by atoms with Crippen LogP contribution in [0.1, 0.15) is 13.3 Å². The lowest BCUT2D eigenvalue weighted by atomic mass is 9.87. The number of amides is 1. The van der Waals surface area contributed by atoms with E-state index in [0.717, 1.165) is 12.3 Å². The lowest BCUT2D eigenvalue weighted by Crippen LogP contribution is -2.24. The summed E-state index contributed by atoms with van der Waals surface area (Å²) in [6.07, 6.45) is 7.71. The van der Waals surface area contributed by atoms with E-state index in [2.05, 4.69) is 27.9 Å². The van der Waals surface area contributed by atoms with Gasteiger partial charge in [-0.25, -0.2) is 4.40 Å². The van der Waals surface area contributed by atoms with Gasteiger partial charge in [0.25, 0.3) is 0 Å². The molecule has 17 heavy (non-hydrogen) atoms. The molecule has 3 nitrogen and oxygen atoms in total. The number of fused-ring (bicyclic) bond motifs is 1. The van der Waals surface area contributed by atoms with E-state index < -0.39 is 0 Å². The van der Waals surface area contributed by atoms with Crippen molar-refractivity contribution in [2.45, 2.75) is 13.3 Å². The van der Waals surface area contributed by atoms with Crippen LogP contribution in [-0.4, -0.2) is 23.9 Å². The minimum atomic E-state index is 0.0758. The van der Waals surface area contributed by atoms with E-state index in [0.29, 0.717) is 17.8 Å². The molecule has 1 amide bonds. The molecule has 1 saturated carbocycles. The molecule has 0 aromatic rings.